The molecule has 10 heteroatoms. The molecule has 0 saturated carbocycles. The van der Waals surface area contributed by atoms with Crippen LogP contribution >= 0.6 is 0 Å². The predicted octanol–water partition coefficient (Wildman–Crippen LogP) is 1.98. The largest absolute Gasteiger partial charge is 0.413 e. The lowest BCUT2D eigenvalue weighted by atomic mass is 9.89. The smallest absolute Gasteiger partial charge is 0.374 e. The highest BCUT2D eigenvalue weighted by molar-refractivity contribution is 5.88. The van der Waals surface area contributed by atoms with Crippen molar-refractivity contribution in [2.75, 3.05) is 29.5 Å². The number of fused-ring (bicyclic) bond motifs is 3. The first-order valence-electron chi connectivity index (χ1n) is 9.69. The van der Waals surface area contributed by atoms with E-state index in [1.165, 1.54) is 6.07 Å². The summed E-state index contributed by atoms with van der Waals surface area (Å²) in [5.41, 5.74) is -3.75. The Labute approximate surface area is 166 Å². The number of Topliss-reactive ketones (excluding diaryl/α,β-unsaturated/α-hetero) is 1. The zero-order valence-electron chi connectivity index (χ0n) is 16.9. The van der Waals surface area contributed by atoms with Crippen molar-refractivity contribution < 1.29 is 22.7 Å². The second kappa shape index (κ2) is 6.20. The molecule has 0 radical (unpaired) electrons. The lowest BCUT2D eigenvalue weighted by Crippen LogP contribution is -2.58. The maximum atomic E-state index is 14.0. The molecule has 2 fully saturated rings. The number of carbonyl (C=O) groups excluding carboxylic acids is 1. The average molecular weight is 414 g/mol. The van der Waals surface area contributed by atoms with Crippen molar-refractivity contribution in [2.24, 2.45) is 5.41 Å². The van der Waals surface area contributed by atoms with Crippen molar-refractivity contribution in [1.82, 2.24) is 9.55 Å². The van der Waals surface area contributed by atoms with Gasteiger partial charge in [0.2, 0.25) is 5.95 Å². The van der Waals surface area contributed by atoms with E-state index in [-0.39, 0.29) is 23.9 Å². The van der Waals surface area contributed by atoms with Gasteiger partial charge in [-0.1, -0.05) is 20.8 Å². The molecule has 3 atom stereocenters. The Hall–Kier alpha value is -2.10. The van der Waals surface area contributed by atoms with Gasteiger partial charge in [-0.05, 0) is 13.3 Å². The summed E-state index contributed by atoms with van der Waals surface area (Å²) >= 11 is 0. The molecular weight excluding hydrogens is 389 g/mol. The zero-order valence-corrected chi connectivity index (χ0v) is 16.9. The third kappa shape index (κ3) is 3.12. The molecule has 0 N–H and O–H groups in total. The van der Waals surface area contributed by atoms with Gasteiger partial charge in [0.1, 0.15) is 5.82 Å². The molecule has 3 aliphatic heterocycles. The Morgan fingerprint density at radius 3 is 2.55 bits per heavy atom. The number of morpholine rings is 1. The fraction of sp³-hybridized carbons (Fsp3) is 0.737. The SMILES string of the molecule is CC(C)(C)C(=O)CN1c2nc(N3C[C@H]4C[C@H]3CO4)cc(=O)n2C[C@@]1(C)C(F)(F)F. The Bertz CT molecular complexity index is 907. The number of nitrogens with zero attached hydrogens (tertiary/aromatic N) is 4. The standard InChI is InChI=1S/C19H25F3N4O3/c1-17(2,3)13(27)8-26-16-23-14(24-7-12-5-11(24)9-29-12)6-15(28)25(16)10-18(26,4)19(20,21)22/h6,11-12H,5,7-10H2,1-4H3/t11-,12+,18-/m0/s1. The van der Waals surface area contributed by atoms with Crippen LogP contribution in [0.4, 0.5) is 24.9 Å². The van der Waals surface area contributed by atoms with Gasteiger partial charge in [-0.15, -0.1) is 0 Å². The number of halogens is 3. The van der Waals surface area contributed by atoms with Crippen LogP contribution in [0.1, 0.15) is 34.1 Å². The van der Waals surface area contributed by atoms with Crippen LogP contribution in [0.15, 0.2) is 10.9 Å². The van der Waals surface area contributed by atoms with Crippen LogP contribution in [0.3, 0.4) is 0 Å². The third-order valence-electron chi connectivity index (χ3n) is 6.22. The summed E-state index contributed by atoms with van der Waals surface area (Å²) in [6.45, 7) is 6.00. The molecule has 7 nitrogen and oxygen atoms in total. The molecule has 0 aromatic carbocycles. The van der Waals surface area contributed by atoms with Crippen LogP contribution in [0.25, 0.3) is 0 Å². The normalized spacial score (nSPS) is 28.9. The van der Waals surface area contributed by atoms with E-state index in [0.29, 0.717) is 19.0 Å². The van der Waals surface area contributed by atoms with Crippen LogP contribution < -0.4 is 15.4 Å². The third-order valence-corrected chi connectivity index (χ3v) is 6.22. The Balaban J connectivity index is 1.78. The fourth-order valence-corrected chi connectivity index (χ4v) is 4.15. The Morgan fingerprint density at radius 2 is 2.03 bits per heavy atom. The van der Waals surface area contributed by atoms with Crippen molar-refractivity contribution in [2.45, 2.75) is 64.5 Å². The molecule has 0 spiro atoms. The molecule has 2 bridgehead atoms. The van der Waals surface area contributed by atoms with Crippen LogP contribution in [0.2, 0.25) is 0 Å². The van der Waals surface area contributed by atoms with Gasteiger partial charge < -0.3 is 14.5 Å². The monoisotopic (exact) mass is 414 g/mol. The summed E-state index contributed by atoms with van der Waals surface area (Å²) in [4.78, 5) is 32.7. The summed E-state index contributed by atoms with van der Waals surface area (Å²) in [6.07, 6.45) is -3.78. The van der Waals surface area contributed by atoms with Crippen molar-refractivity contribution in [1.29, 1.82) is 0 Å². The molecule has 0 aliphatic carbocycles. The first kappa shape index (κ1) is 20.2. The quantitative estimate of drug-likeness (QED) is 0.754. The van der Waals surface area contributed by atoms with Gasteiger partial charge in [-0.3, -0.25) is 14.2 Å². The van der Waals surface area contributed by atoms with E-state index >= 15 is 0 Å². The number of aromatic nitrogens is 2. The van der Waals surface area contributed by atoms with Gasteiger partial charge in [0.05, 0.1) is 31.8 Å². The Morgan fingerprint density at radius 1 is 1.34 bits per heavy atom. The van der Waals surface area contributed by atoms with E-state index in [1.54, 1.807) is 20.8 Å². The topological polar surface area (TPSA) is 67.7 Å². The molecule has 1 aromatic rings. The molecule has 29 heavy (non-hydrogen) atoms. The van der Waals surface area contributed by atoms with Crippen molar-refractivity contribution >= 4 is 17.5 Å². The number of ether oxygens (including phenoxy) is 1. The number of alkyl halides is 3. The minimum atomic E-state index is -4.65. The second-order valence-corrected chi connectivity index (χ2v) is 9.37. The highest BCUT2D eigenvalue weighted by atomic mass is 19.4. The number of hydrogen-bond donors (Lipinski definition) is 0. The van der Waals surface area contributed by atoms with E-state index in [9.17, 15) is 22.8 Å². The predicted molar refractivity (Wildman–Crippen MR) is 100 cm³/mol. The van der Waals surface area contributed by atoms with E-state index in [4.69, 9.17) is 4.74 Å². The molecule has 160 valence electrons. The maximum absolute atomic E-state index is 14.0. The van der Waals surface area contributed by atoms with Crippen LogP contribution in [0.5, 0.6) is 0 Å². The minimum absolute atomic E-state index is 0.0526. The highest BCUT2D eigenvalue weighted by Crippen LogP contribution is 2.44. The van der Waals surface area contributed by atoms with Crippen LogP contribution in [-0.4, -0.2) is 58.9 Å². The molecule has 1 aromatic heterocycles. The molecule has 3 aliphatic rings. The van der Waals surface area contributed by atoms with Crippen LogP contribution in [-0.2, 0) is 16.1 Å². The highest BCUT2D eigenvalue weighted by Gasteiger charge is 2.60. The van der Waals surface area contributed by atoms with Gasteiger partial charge in [0.15, 0.2) is 11.3 Å². The lowest BCUT2D eigenvalue weighted by molar-refractivity contribution is -0.182. The molecule has 4 rings (SSSR count). The van der Waals surface area contributed by atoms with Crippen molar-refractivity contribution in [3.63, 3.8) is 0 Å². The van der Waals surface area contributed by atoms with Gasteiger partial charge in [0, 0.05) is 18.0 Å². The summed E-state index contributed by atoms with van der Waals surface area (Å²) < 4.78 is 48.7. The number of ketones is 1. The molecule has 4 heterocycles. The summed E-state index contributed by atoms with van der Waals surface area (Å²) in [7, 11) is 0. The van der Waals surface area contributed by atoms with E-state index in [0.717, 1.165) is 22.8 Å². The van der Waals surface area contributed by atoms with Gasteiger partial charge in [0.25, 0.3) is 5.56 Å². The number of hydrogen-bond acceptors (Lipinski definition) is 6. The van der Waals surface area contributed by atoms with E-state index in [1.807, 2.05) is 4.90 Å². The number of rotatable bonds is 3. The van der Waals surface area contributed by atoms with Crippen molar-refractivity contribution in [3.05, 3.63) is 16.4 Å². The molecular formula is C19H25F3N4O3. The second-order valence-electron chi connectivity index (χ2n) is 9.37. The van der Waals surface area contributed by atoms with Crippen molar-refractivity contribution in [3.8, 4) is 0 Å². The first-order chi connectivity index (χ1) is 13.3. The average Bonchev–Trinajstić information content (AvgIpc) is 3.28. The molecule has 0 unspecified atom stereocenters. The number of anilines is 2. The van der Waals surface area contributed by atoms with Crippen LogP contribution in [0, 0.1) is 5.41 Å². The summed E-state index contributed by atoms with van der Waals surface area (Å²) in [5.74, 6) is -0.111. The van der Waals surface area contributed by atoms with Gasteiger partial charge >= 0.3 is 6.18 Å². The minimum Gasteiger partial charge on any atom is -0.374 e. The maximum Gasteiger partial charge on any atom is 0.413 e. The fourth-order valence-electron chi connectivity index (χ4n) is 4.15. The van der Waals surface area contributed by atoms with E-state index < -0.39 is 35.8 Å². The first-order valence-corrected chi connectivity index (χ1v) is 9.69. The summed E-state index contributed by atoms with van der Waals surface area (Å²) in [5, 5.41) is 0. The molecule has 2 saturated heterocycles. The summed E-state index contributed by atoms with van der Waals surface area (Å²) in [6, 6.07) is 1.35. The van der Waals surface area contributed by atoms with Gasteiger partial charge in [-0.25, -0.2) is 0 Å². The zero-order chi connectivity index (χ0) is 21.4. The Kier molecular flexibility index (Phi) is 4.31. The number of carbonyl (C=O) groups is 1. The van der Waals surface area contributed by atoms with Gasteiger partial charge in [-0.2, -0.15) is 18.2 Å². The lowest BCUT2D eigenvalue weighted by Gasteiger charge is -2.37. The molecule has 0 amide bonds. The van der Waals surface area contributed by atoms with E-state index in [2.05, 4.69) is 4.98 Å².